The van der Waals surface area contributed by atoms with Crippen LogP contribution >= 0.6 is 0 Å². The molecule has 0 aromatic heterocycles. The van der Waals surface area contributed by atoms with Gasteiger partial charge in [-0.15, -0.1) is 0 Å². The summed E-state index contributed by atoms with van der Waals surface area (Å²) in [6.07, 6.45) is 1.60. The number of hydrogen-bond donors (Lipinski definition) is 0. The number of carbonyl (C=O) groups excluding carboxylic acids is 1. The predicted octanol–water partition coefficient (Wildman–Crippen LogP) is 3.06. The minimum absolute atomic E-state index is 0.0342. The predicted molar refractivity (Wildman–Crippen MR) is 108 cm³/mol. The van der Waals surface area contributed by atoms with Gasteiger partial charge < -0.3 is 4.90 Å². The number of amides is 1. The molecule has 142 valence electrons. The normalized spacial score (nSPS) is 16.0. The van der Waals surface area contributed by atoms with Gasteiger partial charge in [-0.25, -0.2) is 8.42 Å². The van der Waals surface area contributed by atoms with Gasteiger partial charge in [0.05, 0.1) is 0 Å². The smallest absolute Gasteiger partial charge is 0.254 e. The number of sulfonamides is 1. The highest BCUT2D eigenvalue weighted by Gasteiger charge is 2.28. The van der Waals surface area contributed by atoms with Crippen molar-refractivity contribution in [2.75, 3.05) is 26.2 Å². The molecule has 0 radical (unpaired) electrons. The van der Waals surface area contributed by atoms with E-state index in [0.29, 0.717) is 31.7 Å². The van der Waals surface area contributed by atoms with Gasteiger partial charge in [0, 0.05) is 37.2 Å². The van der Waals surface area contributed by atoms with E-state index < -0.39 is 10.0 Å². The molecular weight excluding hydrogens is 360 g/mol. The monoisotopic (exact) mass is 384 g/mol. The molecule has 0 spiro atoms. The highest BCUT2D eigenvalue weighted by molar-refractivity contribution is 7.92. The van der Waals surface area contributed by atoms with Gasteiger partial charge in [0.15, 0.2) is 0 Å². The van der Waals surface area contributed by atoms with Gasteiger partial charge in [-0.3, -0.25) is 4.79 Å². The molecule has 27 heavy (non-hydrogen) atoms. The molecule has 0 bridgehead atoms. The quantitative estimate of drug-likeness (QED) is 0.814. The molecule has 0 saturated carbocycles. The summed E-state index contributed by atoms with van der Waals surface area (Å²) in [5.74, 6) is -0.0342. The highest BCUT2D eigenvalue weighted by Crippen LogP contribution is 2.18. The summed E-state index contributed by atoms with van der Waals surface area (Å²) in [6, 6.07) is 15.0. The van der Waals surface area contributed by atoms with Gasteiger partial charge in [-0.1, -0.05) is 42.5 Å². The van der Waals surface area contributed by atoms with Gasteiger partial charge in [0.1, 0.15) is 0 Å². The molecule has 0 N–H and O–H groups in total. The Morgan fingerprint density at radius 2 is 1.59 bits per heavy atom. The molecule has 0 unspecified atom stereocenters. The maximum absolute atomic E-state index is 12.8. The fourth-order valence-electron chi connectivity index (χ4n) is 3.11. The van der Waals surface area contributed by atoms with Crippen LogP contribution in [0.3, 0.4) is 0 Å². The Labute approximate surface area is 161 Å². The van der Waals surface area contributed by atoms with Crippen molar-refractivity contribution in [2.24, 2.45) is 0 Å². The van der Waals surface area contributed by atoms with Crippen LogP contribution in [0.5, 0.6) is 0 Å². The molecule has 2 aromatic carbocycles. The van der Waals surface area contributed by atoms with E-state index in [9.17, 15) is 13.2 Å². The average Bonchev–Trinajstić information content (AvgIpc) is 2.69. The van der Waals surface area contributed by atoms with Gasteiger partial charge in [-0.05, 0) is 42.7 Å². The van der Waals surface area contributed by atoms with Crippen LogP contribution in [0.2, 0.25) is 0 Å². The van der Waals surface area contributed by atoms with Crippen molar-refractivity contribution in [3.8, 4) is 0 Å². The van der Waals surface area contributed by atoms with Crippen molar-refractivity contribution >= 4 is 22.0 Å². The molecule has 6 heteroatoms. The maximum atomic E-state index is 12.8. The molecule has 1 amide bonds. The van der Waals surface area contributed by atoms with Gasteiger partial charge in [0.25, 0.3) is 5.91 Å². The summed E-state index contributed by atoms with van der Waals surface area (Å²) in [7, 11) is -3.50. The molecule has 5 nitrogen and oxygen atoms in total. The maximum Gasteiger partial charge on any atom is 0.254 e. The number of aryl methyl sites for hydroxylation is 1. The van der Waals surface area contributed by atoms with Crippen LogP contribution in [0.25, 0.3) is 6.08 Å². The molecule has 1 fully saturated rings. The van der Waals surface area contributed by atoms with E-state index in [0.717, 1.165) is 16.7 Å². The standard InChI is InChI=1S/C21H24N2O3S/c1-17-7-6-10-20(18(17)2)21(24)22-12-14-23(15-13-22)27(25,26)16-11-19-8-4-3-5-9-19/h3-11,16H,12-15H2,1-2H3/b16-11+. The lowest BCUT2D eigenvalue weighted by atomic mass is 10.0. The minimum Gasteiger partial charge on any atom is -0.336 e. The van der Waals surface area contributed by atoms with Crippen molar-refractivity contribution in [1.82, 2.24) is 9.21 Å². The second-order valence-electron chi connectivity index (χ2n) is 6.70. The number of piperazine rings is 1. The lowest BCUT2D eigenvalue weighted by molar-refractivity contribution is 0.0697. The second-order valence-corrected chi connectivity index (χ2v) is 8.52. The molecule has 1 aliphatic heterocycles. The molecule has 3 rings (SSSR count). The molecule has 1 saturated heterocycles. The number of nitrogens with zero attached hydrogens (tertiary/aromatic N) is 2. The van der Waals surface area contributed by atoms with Crippen LogP contribution < -0.4 is 0 Å². The summed E-state index contributed by atoms with van der Waals surface area (Å²) in [6.45, 7) is 5.32. The van der Waals surface area contributed by atoms with Crippen LogP contribution in [0.1, 0.15) is 27.0 Å². The molecule has 0 atom stereocenters. The van der Waals surface area contributed by atoms with Crippen molar-refractivity contribution in [1.29, 1.82) is 0 Å². The minimum atomic E-state index is -3.50. The summed E-state index contributed by atoms with van der Waals surface area (Å²) < 4.78 is 26.5. The van der Waals surface area contributed by atoms with Crippen molar-refractivity contribution < 1.29 is 13.2 Å². The highest BCUT2D eigenvalue weighted by atomic mass is 32.2. The van der Waals surface area contributed by atoms with Crippen LogP contribution in [-0.4, -0.2) is 49.7 Å². The summed E-state index contributed by atoms with van der Waals surface area (Å²) >= 11 is 0. The first-order valence-corrected chi connectivity index (χ1v) is 10.5. The van der Waals surface area contributed by atoms with E-state index in [4.69, 9.17) is 0 Å². The third-order valence-electron chi connectivity index (χ3n) is 4.95. The Morgan fingerprint density at radius 3 is 2.26 bits per heavy atom. The lowest BCUT2D eigenvalue weighted by Gasteiger charge is -2.33. The first-order chi connectivity index (χ1) is 12.9. The van der Waals surface area contributed by atoms with Crippen LogP contribution in [0, 0.1) is 13.8 Å². The largest absolute Gasteiger partial charge is 0.336 e. The third kappa shape index (κ3) is 4.46. The Hall–Kier alpha value is -2.44. The van der Waals surface area contributed by atoms with Gasteiger partial charge in [-0.2, -0.15) is 4.31 Å². The van der Waals surface area contributed by atoms with Gasteiger partial charge >= 0.3 is 0 Å². The van der Waals surface area contributed by atoms with E-state index in [2.05, 4.69) is 0 Å². The average molecular weight is 385 g/mol. The van der Waals surface area contributed by atoms with Crippen molar-refractivity contribution in [3.63, 3.8) is 0 Å². The summed E-state index contributed by atoms with van der Waals surface area (Å²) in [4.78, 5) is 14.5. The number of carbonyl (C=O) groups is 1. The zero-order valence-electron chi connectivity index (χ0n) is 15.6. The molecular formula is C21H24N2O3S. The van der Waals surface area contributed by atoms with Gasteiger partial charge in [0.2, 0.25) is 10.0 Å². The number of rotatable bonds is 4. The zero-order valence-corrected chi connectivity index (χ0v) is 16.4. The first kappa shape index (κ1) is 19.3. The lowest BCUT2D eigenvalue weighted by Crippen LogP contribution is -2.50. The van der Waals surface area contributed by atoms with E-state index in [1.54, 1.807) is 11.0 Å². The molecule has 2 aromatic rings. The molecule has 1 aliphatic rings. The number of hydrogen-bond acceptors (Lipinski definition) is 3. The van der Waals surface area contributed by atoms with E-state index in [1.807, 2.05) is 62.4 Å². The fourth-order valence-corrected chi connectivity index (χ4v) is 4.29. The van der Waals surface area contributed by atoms with E-state index in [-0.39, 0.29) is 5.91 Å². The Balaban J connectivity index is 1.65. The number of benzene rings is 2. The van der Waals surface area contributed by atoms with Crippen LogP contribution in [0.4, 0.5) is 0 Å². The Morgan fingerprint density at radius 1 is 0.926 bits per heavy atom. The second kappa shape index (κ2) is 8.06. The summed E-state index contributed by atoms with van der Waals surface area (Å²) in [5.41, 5.74) is 3.58. The molecule has 1 heterocycles. The Bertz CT molecular complexity index is 945. The van der Waals surface area contributed by atoms with Crippen molar-refractivity contribution in [3.05, 3.63) is 76.2 Å². The zero-order chi connectivity index (χ0) is 19.4. The van der Waals surface area contributed by atoms with Crippen molar-refractivity contribution in [2.45, 2.75) is 13.8 Å². The SMILES string of the molecule is Cc1cccc(C(=O)N2CCN(S(=O)(=O)/C=C/c3ccccc3)CC2)c1C. The van der Waals surface area contributed by atoms with Crippen LogP contribution in [0.15, 0.2) is 53.9 Å². The summed E-state index contributed by atoms with van der Waals surface area (Å²) in [5, 5.41) is 1.24. The van der Waals surface area contributed by atoms with E-state index in [1.165, 1.54) is 9.71 Å². The van der Waals surface area contributed by atoms with E-state index >= 15 is 0 Å². The first-order valence-electron chi connectivity index (χ1n) is 8.97. The molecule has 0 aliphatic carbocycles. The fraction of sp³-hybridized carbons (Fsp3) is 0.286. The Kier molecular flexibility index (Phi) is 5.77. The topological polar surface area (TPSA) is 57.7 Å². The van der Waals surface area contributed by atoms with Crippen LogP contribution in [-0.2, 0) is 10.0 Å². The third-order valence-corrected chi connectivity index (χ3v) is 6.52.